The van der Waals surface area contributed by atoms with Crippen molar-refractivity contribution in [1.82, 2.24) is 0 Å². The first-order valence-corrected chi connectivity index (χ1v) is 5.66. The third kappa shape index (κ3) is 1.27. The van der Waals surface area contributed by atoms with E-state index in [0.29, 0.717) is 17.8 Å². The molecule has 2 heteroatoms. The Bertz CT molecular complexity index is 303. The molecule has 0 saturated heterocycles. The Morgan fingerprint density at radius 1 is 1.21 bits per heavy atom. The lowest BCUT2D eigenvalue weighted by molar-refractivity contribution is -0.145. The maximum absolute atomic E-state index is 11.2. The van der Waals surface area contributed by atoms with E-state index in [1.807, 2.05) is 0 Å². The van der Waals surface area contributed by atoms with Gasteiger partial charge in [0, 0.05) is 2.74 Å². The van der Waals surface area contributed by atoms with Crippen molar-refractivity contribution in [2.75, 3.05) is 0 Å². The average molecular weight is 196 g/mol. The summed E-state index contributed by atoms with van der Waals surface area (Å²) in [6.45, 7) is 0. The molecule has 4 aliphatic rings. The monoisotopic (exact) mass is 196 g/mol. The van der Waals surface area contributed by atoms with Crippen molar-refractivity contribution in [3.8, 4) is 0 Å². The van der Waals surface area contributed by atoms with Crippen molar-refractivity contribution >= 4 is 5.97 Å². The van der Waals surface area contributed by atoms with Gasteiger partial charge in [0.15, 0.2) is 0 Å². The van der Waals surface area contributed by atoms with E-state index in [-0.39, 0.29) is 0 Å². The predicted molar refractivity (Wildman–Crippen MR) is 52.9 cm³/mol. The van der Waals surface area contributed by atoms with Crippen LogP contribution in [-0.2, 0) is 4.79 Å². The number of hydrogen-bond donors (Lipinski definition) is 1. The Morgan fingerprint density at radius 3 is 2.00 bits per heavy atom. The lowest BCUT2D eigenvalue weighted by Gasteiger charge is -2.56. The Labute approximate surface area is 87.5 Å². The number of carboxylic acids is 1. The quantitative estimate of drug-likeness (QED) is 0.737. The van der Waals surface area contributed by atoms with E-state index in [9.17, 15) is 4.79 Å². The molecule has 0 atom stereocenters. The van der Waals surface area contributed by atoms with Crippen LogP contribution in [0.1, 0.15) is 47.6 Å². The van der Waals surface area contributed by atoms with Crippen molar-refractivity contribution < 1.29 is 12.6 Å². The third-order valence-corrected chi connectivity index (χ3v) is 4.41. The van der Waals surface area contributed by atoms with Crippen molar-refractivity contribution in [2.45, 2.75) is 44.9 Å². The summed E-state index contributed by atoms with van der Waals surface area (Å²) in [5.74, 6) is 0.538. The van der Waals surface area contributed by atoms with Crippen molar-refractivity contribution in [2.24, 2.45) is 23.2 Å². The van der Waals surface area contributed by atoms with Crippen LogP contribution in [0.25, 0.3) is 0 Å². The van der Waals surface area contributed by atoms with Crippen LogP contribution in [0.4, 0.5) is 0 Å². The average Bonchev–Trinajstić information content (AvgIpc) is 2.14. The zero-order valence-corrected chi connectivity index (χ0v) is 8.33. The van der Waals surface area contributed by atoms with Gasteiger partial charge >= 0.3 is 5.97 Å². The second-order valence-electron chi connectivity index (χ2n) is 5.63. The topological polar surface area (TPSA) is 37.3 Å². The first-order valence-electron chi connectivity index (χ1n) is 6.66. The second kappa shape index (κ2) is 2.74. The minimum Gasteiger partial charge on any atom is -0.481 e. The number of rotatable bonds is 2. The lowest BCUT2D eigenvalue weighted by atomic mass is 9.49. The van der Waals surface area contributed by atoms with Crippen molar-refractivity contribution in [3.63, 3.8) is 0 Å². The molecule has 0 radical (unpaired) electrons. The van der Waals surface area contributed by atoms with E-state index in [2.05, 4.69) is 0 Å². The summed E-state index contributed by atoms with van der Waals surface area (Å²) in [4.78, 5) is 11.2. The van der Waals surface area contributed by atoms with Gasteiger partial charge in [0.05, 0.1) is 6.37 Å². The maximum atomic E-state index is 11.2. The van der Waals surface area contributed by atoms with E-state index in [1.165, 1.54) is 19.3 Å². The van der Waals surface area contributed by atoms with Crippen LogP contribution in [0, 0.1) is 23.2 Å². The second-order valence-corrected chi connectivity index (χ2v) is 5.63. The lowest BCUT2D eigenvalue weighted by Crippen LogP contribution is -2.46. The summed E-state index contributed by atoms with van der Waals surface area (Å²) in [6.07, 6.45) is 4.04. The van der Waals surface area contributed by atoms with Gasteiger partial charge in [-0.05, 0) is 61.7 Å². The normalized spacial score (nSPS) is 52.7. The van der Waals surface area contributed by atoms with Crippen molar-refractivity contribution in [3.05, 3.63) is 0 Å². The number of aliphatic carboxylic acids is 1. The Morgan fingerprint density at radius 2 is 1.64 bits per heavy atom. The molecule has 4 saturated carbocycles. The molecule has 0 spiro atoms. The van der Waals surface area contributed by atoms with E-state index in [1.54, 1.807) is 0 Å². The summed E-state index contributed by atoms with van der Waals surface area (Å²) in [5.41, 5.74) is -0.548. The molecular formula is C12H18O2. The van der Waals surface area contributed by atoms with Gasteiger partial charge in [0.2, 0.25) is 0 Å². The van der Waals surface area contributed by atoms with Gasteiger partial charge in [-0.15, -0.1) is 0 Å². The van der Waals surface area contributed by atoms with E-state index in [4.69, 9.17) is 7.85 Å². The van der Waals surface area contributed by atoms with E-state index in [0.717, 1.165) is 19.3 Å². The largest absolute Gasteiger partial charge is 0.481 e. The molecule has 0 aliphatic heterocycles. The van der Waals surface area contributed by atoms with Gasteiger partial charge in [0.25, 0.3) is 0 Å². The van der Waals surface area contributed by atoms with Crippen LogP contribution in [0.3, 0.4) is 0 Å². The van der Waals surface area contributed by atoms with E-state index >= 15 is 0 Å². The summed E-state index contributed by atoms with van der Waals surface area (Å²) in [7, 11) is 0. The van der Waals surface area contributed by atoms with Crippen LogP contribution in [0.5, 0.6) is 0 Å². The van der Waals surface area contributed by atoms with Crippen molar-refractivity contribution in [1.29, 1.82) is 0 Å². The molecule has 0 amide bonds. The Balaban J connectivity index is 1.97. The minimum atomic E-state index is -2.02. The fraction of sp³-hybridized carbons (Fsp3) is 0.917. The molecule has 0 aromatic carbocycles. The smallest absolute Gasteiger partial charge is 0.303 e. The molecule has 14 heavy (non-hydrogen) atoms. The molecule has 78 valence electrons. The zero-order chi connectivity index (χ0) is 11.6. The highest BCUT2D eigenvalue weighted by Crippen LogP contribution is 2.61. The number of hydrogen-bond acceptors (Lipinski definition) is 1. The van der Waals surface area contributed by atoms with Crippen LogP contribution in [0.15, 0.2) is 0 Å². The molecule has 0 heterocycles. The highest BCUT2D eigenvalue weighted by atomic mass is 16.4. The minimum absolute atomic E-state index is 0.548. The summed E-state index contributed by atoms with van der Waals surface area (Å²) in [5, 5.41) is 9.13. The SMILES string of the molecule is [2H]C([2H])(C(=O)O)C12CC3CC(CC(C3)C1)C2. The summed E-state index contributed by atoms with van der Waals surface area (Å²) < 4.78 is 15.8. The van der Waals surface area contributed by atoms with Gasteiger partial charge in [-0.2, -0.15) is 0 Å². The zero-order valence-electron chi connectivity index (χ0n) is 10.3. The maximum Gasteiger partial charge on any atom is 0.303 e. The van der Waals surface area contributed by atoms with Gasteiger partial charge < -0.3 is 5.11 Å². The molecule has 4 aliphatic carbocycles. The fourth-order valence-electron chi connectivity index (χ4n) is 4.49. The summed E-state index contributed by atoms with van der Waals surface area (Å²) >= 11 is 0. The van der Waals surface area contributed by atoms with E-state index < -0.39 is 17.8 Å². The first kappa shape index (κ1) is 6.86. The molecule has 4 bridgehead atoms. The van der Waals surface area contributed by atoms with Crippen LogP contribution in [-0.4, -0.2) is 11.1 Å². The highest BCUT2D eigenvalue weighted by molar-refractivity contribution is 5.67. The van der Waals surface area contributed by atoms with Crippen LogP contribution in [0.2, 0.25) is 0 Å². The third-order valence-electron chi connectivity index (χ3n) is 4.41. The molecule has 4 fully saturated rings. The molecule has 2 nitrogen and oxygen atoms in total. The predicted octanol–water partition coefficient (Wildman–Crippen LogP) is 2.68. The van der Waals surface area contributed by atoms with Crippen LogP contribution < -0.4 is 0 Å². The molecule has 0 unspecified atom stereocenters. The summed E-state index contributed by atoms with van der Waals surface area (Å²) in [6, 6.07) is 0. The molecule has 0 aromatic rings. The standard InChI is InChI=1S/C12H18O2/c13-11(14)7-12-4-8-1-9(5-12)3-10(2-8)6-12/h8-10H,1-7H2,(H,13,14)/i7D2. The van der Waals surface area contributed by atoms with Gasteiger partial charge in [-0.25, -0.2) is 0 Å². The first-order chi connectivity index (χ1) is 7.43. The van der Waals surface area contributed by atoms with Gasteiger partial charge in [0.1, 0.15) is 0 Å². The number of carboxylic acid groups (broad SMARTS) is 1. The molecular weight excluding hydrogens is 176 g/mol. The van der Waals surface area contributed by atoms with Gasteiger partial charge in [-0.3, -0.25) is 4.79 Å². The fourth-order valence-corrected chi connectivity index (χ4v) is 4.49. The number of carbonyl (C=O) groups is 1. The van der Waals surface area contributed by atoms with Gasteiger partial charge in [-0.1, -0.05) is 0 Å². The molecule has 4 rings (SSSR count). The Hall–Kier alpha value is -0.530. The molecule has 0 aromatic heterocycles. The molecule has 1 N–H and O–H groups in total. The Kier molecular flexibility index (Phi) is 1.34. The highest BCUT2D eigenvalue weighted by Gasteiger charge is 2.51. The van der Waals surface area contributed by atoms with Crippen LogP contribution >= 0.6 is 0 Å².